The van der Waals surface area contributed by atoms with E-state index in [4.69, 9.17) is 9.72 Å². The van der Waals surface area contributed by atoms with E-state index in [9.17, 15) is 0 Å². The van der Waals surface area contributed by atoms with Gasteiger partial charge in [0.25, 0.3) is 0 Å². The van der Waals surface area contributed by atoms with E-state index < -0.39 is 0 Å². The number of ether oxygens (including phenoxy) is 1. The number of rotatable bonds is 5. The summed E-state index contributed by atoms with van der Waals surface area (Å²) in [6, 6.07) is 8.14. The number of hydrogen-bond donors (Lipinski definition) is 1. The Morgan fingerprint density at radius 3 is 2.63 bits per heavy atom. The van der Waals surface area contributed by atoms with Gasteiger partial charge in [0.2, 0.25) is 0 Å². The summed E-state index contributed by atoms with van der Waals surface area (Å²) in [5.41, 5.74) is 2.49. The van der Waals surface area contributed by atoms with Crippen molar-refractivity contribution >= 4 is 11.3 Å². The Bertz CT molecular complexity index is 558. The van der Waals surface area contributed by atoms with Gasteiger partial charge >= 0.3 is 0 Å². The van der Waals surface area contributed by atoms with Gasteiger partial charge in [-0.3, -0.25) is 0 Å². The zero-order chi connectivity index (χ0) is 13.2. The van der Waals surface area contributed by atoms with Gasteiger partial charge in [-0.2, -0.15) is 0 Å². The van der Waals surface area contributed by atoms with Crippen LogP contribution in [0, 0.1) is 0 Å². The molecule has 100 valence electrons. The van der Waals surface area contributed by atoms with E-state index in [-0.39, 0.29) is 0 Å². The van der Waals surface area contributed by atoms with Crippen LogP contribution >= 0.6 is 11.3 Å². The predicted molar refractivity (Wildman–Crippen MR) is 78.8 cm³/mol. The Labute approximate surface area is 117 Å². The summed E-state index contributed by atoms with van der Waals surface area (Å²) in [6.07, 6.45) is 2.59. The van der Waals surface area contributed by atoms with Crippen LogP contribution in [0.4, 0.5) is 0 Å². The average molecular weight is 274 g/mol. The van der Waals surface area contributed by atoms with Crippen molar-refractivity contribution in [2.75, 3.05) is 14.2 Å². The van der Waals surface area contributed by atoms with Gasteiger partial charge in [-0.1, -0.05) is 0 Å². The molecule has 1 heterocycles. The highest BCUT2D eigenvalue weighted by atomic mass is 32.1. The molecule has 0 unspecified atom stereocenters. The van der Waals surface area contributed by atoms with Crippen LogP contribution in [-0.4, -0.2) is 19.1 Å². The summed E-state index contributed by atoms with van der Waals surface area (Å²) in [5.74, 6) is 1.59. The fraction of sp³-hybridized carbons (Fsp3) is 0.400. The molecule has 1 saturated carbocycles. The maximum Gasteiger partial charge on any atom is 0.123 e. The van der Waals surface area contributed by atoms with Crippen LogP contribution in [0.15, 0.2) is 24.3 Å². The number of benzene rings is 1. The second-order valence-corrected chi connectivity index (χ2v) is 5.94. The van der Waals surface area contributed by atoms with Crippen molar-refractivity contribution < 1.29 is 4.74 Å². The van der Waals surface area contributed by atoms with Crippen LogP contribution in [0.5, 0.6) is 5.75 Å². The van der Waals surface area contributed by atoms with Crippen molar-refractivity contribution in [3.05, 3.63) is 34.8 Å². The quantitative estimate of drug-likeness (QED) is 0.907. The molecule has 19 heavy (non-hydrogen) atoms. The topological polar surface area (TPSA) is 34.1 Å². The van der Waals surface area contributed by atoms with E-state index in [2.05, 4.69) is 17.4 Å². The predicted octanol–water partition coefficient (Wildman–Crippen LogP) is 3.42. The minimum Gasteiger partial charge on any atom is -0.497 e. The third-order valence-corrected chi connectivity index (χ3v) is 4.49. The van der Waals surface area contributed by atoms with Crippen molar-refractivity contribution in [3.8, 4) is 16.3 Å². The van der Waals surface area contributed by atoms with E-state index in [1.54, 1.807) is 18.4 Å². The Balaban J connectivity index is 1.92. The third kappa shape index (κ3) is 2.65. The first-order valence-electron chi connectivity index (χ1n) is 6.60. The highest BCUT2D eigenvalue weighted by Crippen LogP contribution is 2.44. The molecule has 0 radical (unpaired) electrons. The van der Waals surface area contributed by atoms with E-state index in [1.165, 1.54) is 29.0 Å². The summed E-state index contributed by atoms with van der Waals surface area (Å²) in [5, 5.41) is 4.36. The third-order valence-electron chi connectivity index (χ3n) is 3.37. The van der Waals surface area contributed by atoms with E-state index >= 15 is 0 Å². The van der Waals surface area contributed by atoms with Gasteiger partial charge in [-0.25, -0.2) is 4.98 Å². The van der Waals surface area contributed by atoms with Crippen molar-refractivity contribution in [1.82, 2.24) is 10.3 Å². The lowest BCUT2D eigenvalue weighted by molar-refractivity contribution is 0.415. The Kier molecular flexibility index (Phi) is 3.53. The highest BCUT2D eigenvalue weighted by Gasteiger charge is 2.29. The first-order chi connectivity index (χ1) is 9.31. The molecule has 0 spiro atoms. The van der Waals surface area contributed by atoms with Gasteiger partial charge in [-0.15, -0.1) is 11.3 Å². The molecule has 3 nitrogen and oxygen atoms in total. The Hall–Kier alpha value is -1.39. The van der Waals surface area contributed by atoms with E-state index in [1.807, 2.05) is 19.2 Å². The second-order valence-electron chi connectivity index (χ2n) is 4.86. The zero-order valence-corrected chi connectivity index (χ0v) is 12.1. The zero-order valence-electron chi connectivity index (χ0n) is 11.3. The average Bonchev–Trinajstić information content (AvgIpc) is 3.21. The number of thiazole rings is 1. The summed E-state index contributed by atoms with van der Waals surface area (Å²) in [6.45, 7) is 0.916. The number of nitrogens with zero attached hydrogens (tertiary/aromatic N) is 1. The second kappa shape index (κ2) is 5.31. The normalized spacial score (nSPS) is 14.6. The number of aromatic nitrogens is 1. The smallest absolute Gasteiger partial charge is 0.123 e. The van der Waals surface area contributed by atoms with Gasteiger partial charge in [0.15, 0.2) is 0 Å². The molecule has 1 aliphatic carbocycles. The van der Waals surface area contributed by atoms with Crippen LogP contribution in [0.25, 0.3) is 10.6 Å². The molecule has 0 amide bonds. The van der Waals surface area contributed by atoms with Gasteiger partial charge in [-0.05, 0) is 44.2 Å². The Morgan fingerprint density at radius 1 is 1.32 bits per heavy atom. The molecule has 0 atom stereocenters. The maximum absolute atomic E-state index is 5.19. The van der Waals surface area contributed by atoms with Crippen LogP contribution in [0.3, 0.4) is 0 Å². The van der Waals surface area contributed by atoms with E-state index in [0.717, 1.165) is 17.3 Å². The van der Waals surface area contributed by atoms with Crippen molar-refractivity contribution in [3.63, 3.8) is 0 Å². The van der Waals surface area contributed by atoms with Gasteiger partial charge in [0, 0.05) is 22.9 Å². The molecular weight excluding hydrogens is 256 g/mol. The maximum atomic E-state index is 5.19. The first-order valence-corrected chi connectivity index (χ1v) is 7.42. The standard InChI is InChI=1S/C15H18N2OS/c1-16-9-13-14(10-3-4-10)17-15(19-13)11-5-7-12(18-2)8-6-11/h5-8,10,16H,3-4,9H2,1-2H3. The van der Waals surface area contributed by atoms with Crippen molar-refractivity contribution in [2.45, 2.75) is 25.3 Å². The molecule has 1 aliphatic rings. The van der Waals surface area contributed by atoms with Crippen molar-refractivity contribution in [1.29, 1.82) is 0 Å². The largest absolute Gasteiger partial charge is 0.497 e. The summed E-state index contributed by atoms with van der Waals surface area (Å²) >= 11 is 1.80. The fourth-order valence-corrected chi connectivity index (χ4v) is 3.35. The SMILES string of the molecule is CNCc1sc(-c2ccc(OC)cc2)nc1C1CC1. The lowest BCUT2D eigenvalue weighted by Crippen LogP contribution is -2.05. The number of nitrogens with one attached hydrogen (secondary N) is 1. The van der Waals surface area contributed by atoms with Crippen LogP contribution < -0.4 is 10.1 Å². The van der Waals surface area contributed by atoms with Gasteiger partial charge < -0.3 is 10.1 Å². The molecule has 0 aliphatic heterocycles. The molecule has 3 rings (SSSR count). The van der Waals surface area contributed by atoms with Crippen LogP contribution in [0.2, 0.25) is 0 Å². The Morgan fingerprint density at radius 2 is 2.05 bits per heavy atom. The summed E-state index contributed by atoms with van der Waals surface area (Å²) in [7, 11) is 3.68. The van der Waals surface area contributed by atoms with Gasteiger partial charge in [0.1, 0.15) is 10.8 Å². The monoisotopic (exact) mass is 274 g/mol. The molecule has 1 N–H and O–H groups in total. The summed E-state index contributed by atoms with van der Waals surface area (Å²) < 4.78 is 5.19. The number of methoxy groups -OCH3 is 1. The first kappa shape index (κ1) is 12.6. The molecule has 1 aromatic carbocycles. The fourth-order valence-electron chi connectivity index (χ4n) is 2.18. The highest BCUT2D eigenvalue weighted by molar-refractivity contribution is 7.15. The van der Waals surface area contributed by atoms with Gasteiger partial charge in [0.05, 0.1) is 12.8 Å². The molecule has 1 aromatic heterocycles. The van der Waals surface area contributed by atoms with Crippen LogP contribution in [-0.2, 0) is 6.54 Å². The van der Waals surface area contributed by atoms with Crippen molar-refractivity contribution in [2.24, 2.45) is 0 Å². The lowest BCUT2D eigenvalue weighted by atomic mass is 10.2. The van der Waals surface area contributed by atoms with Crippen LogP contribution in [0.1, 0.15) is 29.3 Å². The lowest BCUT2D eigenvalue weighted by Gasteiger charge is -2.00. The van der Waals surface area contributed by atoms with E-state index in [0.29, 0.717) is 5.92 Å². The minimum absolute atomic E-state index is 0.701. The summed E-state index contributed by atoms with van der Waals surface area (Å²) in [4.78, 5) is 6.24. The minimum atomic E-state index is 0.701. The molecular formula is C15H18N2OS. The molecule has 2 aromatic rings. The number of hydrogen-bond acceptors (Lipinski definition) is 4. The molecule has 4 heteroatoms. The molecule has 0 bridgehead atoms. The molecule has 0 saturated heterocycles. The molecule has 1 fully saturated rings.